The molecule has 1 fully saturated rings. The molecule has 2 unspecified atom stereocenters. The van der Waals surface area contributed by atoms with Crippen LogP contribution >= 0.6 is 0 Å². The first-order chi connectivity index (χ1) is 13.0. The van der Waals surface area contributed by atoms with Crippen LogP contribution < -0.4 is 5.32 Å². The Kier molecular flexibility index (Phi) is 4.36. The third-order valence-electron chi connectivity index (χ3n) is 5.61. The van der Waals surface area contributed by atoms with E-state index in [-0.39, 0.29) is 25.6 Å². The van der Waals surface area contributed by atoms with Crippen molar-refractivity contribution in [3.8, 4) is 11.1 Å². The van der Waals surface area contributed by atoms with Gasteiger partial charge in [0.2, 0.25) is 0 Å². The number of carbonyl (C=O) groups is 2. The minimum atomic E-state index is -1.44. The van der Waals surface area contributed by atoms with Gasteiger partial charge in [0.1, 0.15) is 6.61 Å². The Morgan fingerprint density at radius 2 is 1.74 bits per heavy atom. The number of alkyl carbamates (subject to hydrolysis) is 1. The summed E-state index contributed by atoms with van der Waals surface area (Å²) in [6.07, 6.45) is -1.14. The molecule has 1 saturated heterocycles. The molecule has 0 radical (unpaired) electrons. The van der Waals surface area contributed by atoms with Gasteiger partial charge in [-0.1, -0.05) is 48.5 Å². The van der Waals surface area contributed by atoms with Crippen molar-refractivity contribution < 1.29 is 24.2 Å². The van der Waals surface area contributed by atoms with Crippen molar-refractivity contribution in [2.75, 3.05) is 13.2 Å². The van der Waals surface area contributed by atoms with E-state index in [1.165, 1.54) is 0 Å². The van der Waals surface area contributed by atoms with Crippen LogP contribution in [0, 0.1) is 0 Å². The molecule has 2 N–H and O–H groups in total. The third kappa shape index (κ3) is 2.86. The summed E-state index contributed by atoms with van der Waals surface area (Å²) in [7, 11) is 0. The Labute approximate surface area is 157 Å². The lowest BCUT2D eigenvalue weighted by molar-refractivity contribution is -0.146. The van der Waals surface area contributed by atoms with Crippen LogP contribution in [0.4, 0.5) is 4.79 Å². The summed E-state index contributed by atoms with van der Waals surface area (Å²) in [4.78, 5) is 24.1. The van der Waals surface area contributed by atoms with Gasteiger partial charge in [0.05, 0.1) is 6.10 Å². The molecule has 1 aliphatic heterocycles. The normalized spacial score (nSPS) is 23.5. The highest BCUT2D eigenvalue weighted by atomic mass is 16.6. The number of nitrogens with one attached hydrogen (secondary N) is 1. The van der Waals surface area contributed by atoms with Crippen molar-refractivity contribution >= 4 is 12.1 Å². The summed E-state index contributed by atoms with van der Waals surface area (Å²) in [6, 6.07) is 16.1. The van der Waals surface area contributed by atoms with Crippen LogP contribution in [0.5, 0.6) is 0 Å². The van der Waals surface area contributed by atoms with Crippen LogP contribution in [0.2, 0.25) is 0 Å². The molecule has 1 amide bonds. The van der Waals surface area contributed by atoms with Crippen molar-refractivity contribution in [3.63, 3.8) is 0 Å². The molecule has 2 atom stereocenters. The van der Waals surface area contributed by atoms with E-state index >= 15 is 0 Å². The topological polar surface area (TPSA) is 84.9 Å². The quantitative estimate of drug-likeness (QED) is 0.867. The summed E-state index contributed by atoms with van der Waals surface area (Å²) in [6.45, 7) is 2.08. The molecule has 2 aromatic rings. The van der Waals surface area contributed by atoms with Crippen LogP contribution in [0.3, 0.4) is 0 Å². The molecule has 0 spiro atoms. The Bertz CT molecular complexity index is 850. The largest absolute Gasteiger partial charge is 0.479 e. The second-order valence-corrected chi connectivity index (χ2v) is 6.99. The zero-order valence-corrected chi connectivity index (χ0v) is 15.0. The SMILES string of the molecule is CC1OCCC1(NC(=O)OCC1c2ccccc2-c2ccccc21)C(=O)O. The molecule has 140 valence electrons. The molecule has 2 aromatic carbocycles. The van der Waals surface area contributed by atoms with E-state index in [0.717, 1.165) is 22.3 Å². The maximum atomic E-state index is 12.4. The van der Waals surface area contributed by atoms with Crippen molar-refractivity contribution in [2.45, 2.75) is 30.9 Å². The fourth-order valence-corrected chi connectivity index (χ4v) is 4.06. The van der Waals surface area contributed by atoms with Gasteiger partial charge in [-0.25, -0.2) is 9.59 Å². The van der Waals surface area contributed by atoms with Crippen LogP contribution in [0.15, 0.2) is 48.5 Å². The first kappa shape index (κ1) is 17.5. The predicted octanol–water partition coefficient (Wildman–Crippen LogP) is 3.16. The molecule has 0 bridgehead atoms. The molecule has 0 saturated carbocycles. The predicted molar refractivity (Wildman–Crippen MR) is 98.6 cm³/mol. The maximum absolute atomic E-state index is 12.4. The minimum absolute atomic E-state index is 0.0684. The average Bonchev–Trinajstić information content (AvgIpc) is 3.19. The molecular formula is C21H21NO5. The summed E-state index contributed by atoms with van der Waals surface area (Å²) < 4.78 is 10.8. The fourth-order valence-electron chi connectivity index (χ4n) is 4.06. The van der Waals surface area contributed by atoms with E-state index in [4.69, 9.17) is 9.47 Å². The van der Waals surface area contributed by atoms with Gasteiger partial charge in [-0.3, -0.25) is 0 Å². The number of rotatable bonds is 4. The van der Waals surface area contributed by atoms with E-state index in [2.05, 4.69) is 17.4 Å². The lowest BCUT2D eigenvalue weighted by atomic mass is 9.92. The number of ether oxygens (including phenoxy) is 2. The van der Waals surface area contributed by atoms with Crippen molar-refractivity contribution in [1.29, 1.82) is 0 Å². The van der Waals surface area contributed by atoms with Crippen LogP contribution in [-0.2, 0) is 14.3 Å². The second-order valence-electron chi connectivity index (χ2n) is 6.99. The fraction of sp³-hybridized carbons (Fsp3) is 0.333. The number of benzene rings is 2. The van der Waals surface area contributed by atoms with E-state index in [1.807, 2.05) is 36.4 Å². The van der Waals surface area contributed by atoms with Gasteiger partial charge in [0, 0.05) is 18.9 Å². The molecule has 1 aliphatic carbocycles. The van der Waals surface area contributed by atoms with Crippen LogP contribution in [0.1, 0.15) is 30.4 Å². The third-order valence-corrected chi connectivity index (χ3v) is 5.61. The van der Waals surface area contributed by atoms with Gasteiger partial charge in [-0.05, 0) is 29.2 Å². The highest BCUT2D eigenvalue weighted by molar-refractivity contribution is 5.85. The zero-order valence-electron chi connectivity index (χ0n) is 15.0. The number of carbonyl (C=O) groups excluding carboxylic acids is 1. The molecule has 4 rings (SSSR count). The van der Waals surface area contributed by atoms with Gasteiger partial charge < -0.3 is 19.9 Å². The van der Waals surface area contributed by atoms with Gasteiger partial charge >= 0.3 is 12.1 Å². The molecule has 2 aliphatic rings. The van der Waals surface area contributed by atoms with Crippen molar-refractivity contribution in [1.82, 2.24) is 5.32 Å². The van der Waals surface area contributed by atoms with Crippen molar-refractivity contribution in [2.24, 2.45) is 0 Å². The molecule has 27 heavy (non-hydrogen) atoms. The van der Waals surface area contributed by atoms with Gasteiger partial charge in [-0.15, -0.1) is 0 Å². The number of carboxylic acid groups (broad SMARTS) is 1. The molecular weight excluding hydrogens is 346 g/mol. The number of aliphatic carboxylic acids is 1. The van der Waals surface area contributed by atoms with E-state index in [0.29, 0.717) is 0 Å². The lowest BCUT2D eigenvalue weighted by Crippen LogP contribution is -2.59. The molecule has 6 nitrogen and oxygen atoms in total. The minimum Gasteiger partial charge on any atom is -0.479 e. The summed E-state index contributed by atoms with van der Waals surface area (Å²) in [5.41, 5.74) is 3.06. The smallest absolute Gasteiger partial charge is 0.408 e. The van der Waals surface area contributed by atoms with Crippen LogP contribution in [-0.4, -0.2) is 42.0 Å². The van der Waals surface area contributed by atoms with E-state index in [1.54, 1.807) is 6.92 Å². The Hall–Kier alpha value is -2.86. The monoisotopic (exact) mass is 367 g/mol. The summed E-state index contributed by atoms with van der Waals surface area (Å²) in [5.74, 6) is -1.18. The first-order valence-corrected chi connectivity index (χ1v) is 9.01. The lowest BCUT2D eigenvalue weighted by Gasteiger charge is -2.28. The van der Waals surface area contributed by atoms with Gasteiger partial charge in [0.25, 0.3) is 0 Å². The van der Waals surface area contributed by atoms with Gasteiger partial charge in [-0.2, -0.15) is 0 Å². The number of fused-ring (bicyclic) bond motifs is 3. The Morgan fingerprint density at radius 1 is 1.15 bits per heavy atom. The maximum Gasteiger partial charge on any atom is 0.408 e. The standard InChI is InChI=1S/C21H21NO5/c1-13-21(19(23)24,10-11-26-13)22-20(25)27-12-18-16-8-4-2-6-14(16)15-7-3-5-9-17(15)18/h2-9,13,18H,10-12H2,1H3,(H,22,25)(H,23,24). The van der Waals surface area contributed by atoms with E-state index in [9.17, 15) is 14.7 Å². The Balaban J connectivity index is 1.51. The number of hydrogen-bond donors (Lipinski definition) is 2. The summed E-state index contributed by atoms with van der Waals surface area (Å²) in [5, 5.41) is 12.1. The molecule has 6 heteroatoms. The summed E-state index contributed by atoms with van der Waals surface area (Å²) >= 11 is 0. The second kappa shape index (κ2) is 6.70. The first-order valence-electron chi connectivity index (χ1n) is 9.01. The Morgan fingerprint density at radius 3 is 2.26 bits per heavy atom. The zero-order chi connectivity index (χ0) is 19.0. The van der Waals surface area contributed by atoms with Crippen molar-refractivity contribution in [3.05, 3.63) is 59.7 Å². The highest BCUT2D eigenvalue weighted by Crippen LogP contribution is 2.44. The van der Waals surface area contributed by atoms with Crippen LogP contribution in [0.25, 0.3) is 11.1 Å². The number of amides is 1. The molecule has 0 aromatic heterocycles. The molecule has 1 heterocycles. The van der Waals surface area contributed by atoms with E-state index < -0.39 is 23.7 Å². The number of hydrogen-bond acceptors (Lipinski definition) is 4. The number of carboxylic acids is 1. The average molecular weight is 367 g/mol. The highest BCUT2D eigenvalue weighted by Gasteiger charge is 2.50. The van der Waals surface area contributed by atoms with Gasteiger partial charge in [0.15, 0.2) is 5.54 Å².